The Kier molecular flexibility index (Phi) is 6.44. The van der Waals surface area contributed by atoms with Crippen molar-refractivity contribution in [2.45, 2.75) is 19.9 Å². The zero-order chi connectivity index (χ0) is 20.8. The van der Waals surface area contributed by atoms with Crippen LogP contribution >= 0.6 is 0 Å². The molecule has 29 heavy (non-hydrogen) atoms. The van der Waals surface area contributed by atoms with Gasteiger partial charge in [-0.3, -0.25) is 9.59 Å². The van der Waals surface area contributed by atoms with E-state index in [1.807, 2.05) is 24.3 Å². The minimum absolute atomic E-state index is 0.109. The number of hydrogen-bond donors (Lipinski definition) is 1. The molecule has 1 N–H and O–H groups in total. The van der Waals surface area contributed by atoms with Gasteiger partial charge >= 0.3 is 0 Å². The van der Waals surface area contributed by atoms with E-state index in [2.05, 4.69) is 4.98 Å². The first-order valence-electron chi connectivity index (χ1n) is 9.33. The second-order valence-corrected chi connectivity index (χ2v) is 6.83. The number of nitrogens with one attached hydrogen (secondary N) is 1. The molecule has 0 radical (unpaired) electrons. The highest BCUT2D eigenvalue weighted by molar-refractivity contribution is 5.92. The lowest BCUT2D eigenvalue weighted by Gasteiger charge is -2.23. The van der Waals surface area contributed by atoms with Crippen LogP contribution in [0.4, 0.5) is 4.39 Å². The Morgan fingerprint density at radius 2 is 1.83 bits per heavy atom. The van der Waals surface area contributed by atoms with E-state index in [1.165, 1.54) is 18.2 Å². The van der Waals surface area contributed by atoms with E-state index in [0.717, 1.165) is 11.3 Å². The van der Waals surface area contributed by atoms with Gasteiger partial charge in [-0.25, -0.2) is 4.39 Å². The van der Waals surface area contributed by atoms with E-state index < -0.39 is 0 Å². The number of amides is 1. The third-order valence-corrected chi connectivity index (χ3v) is 4.64. The molecule has 6 heteroatoms. The summed E-state index contributed by atoms with van der Waals surface area (Å²) in [7, 11) is 1.60. The molecule has 0 fully saturated rings. The molecule has 0 aliphatic heterocycles. The third-order valence-electron chi connectivity index (χ3n) is 4.64. The van der Waals surface area contributed by atoms with Crippen LogP contribution in [-0.2, 0) is 13.0 Å². The molecule has 3 aromatic rings. The number of aromatic amines is 1. The summed E-state index contributed by atoms with van der Waals surface area (Å²) in [4.78, 5) is 29.4. The first-order chi connectivity index (χ1) is 14.0. The second-order valence-electron chi connectivity index (χ2n) is 6.83. The lowest BCUT2D eigenvalue weighted by Crippen LogP contribution is -2.34. The number of H-pyrrole nitrogens is 1. The number of carbonyl (C=O) groups is 1. The van der Waals surface area contributed by atoms with Gasteiger partial charge in [0.1, 0.15) is 17.3 Å². The molecule has 1 aromatic heterocycles. The topological polar surface area (TPSA) is 62.4 Å². The fourth-order valence-corrected chi connectivity index (χ4v) is 3.11. The van der Waals surface area contributed by atoms with Gasteiger partial charge in [-0.2, -0.15) is 0 Å². The van der Waals surface area contributed by atoms with Crippen LogP contribution in [0, 0.1) is 12.7 Å². The molecule has 0 saturated heterocycles. The largest absolute Gasteiger partial charge is 0.497 e. The summed E-state index contributed by atoms with van der Waals surface area (Å²) >= 11 is 0. The van der Waals surface area contributed by atoms with E-state index in [4.69, 9.17) is 4.74 Å². The van der Waals surface area contributed by atoms with Crippen molar-refractivity contribution in [1.29, 1.82) is 0 Å². The molecule has 2 aromatic carbocycles. The van der Waals surface area contributed by atoms with Gasteiger partial charge in [0.15, 0.2) is 5.43 Å². The molecule has 3 rings (SSSR count). The summed E-state index contributed by atoms with van der Waals surface area (Å²) in [5, 5.41) is 0. The molecular weight excluding hydrogens is 371 g/mol. The Balaban J connectivity index is 1.84. The van der Waals surface area contributed by atoms with Gasteiger partial charge in [0.2, 0.25) is 0 Å². The van der Waals surface area contributed by atoms with E-state index in [-0.39, 0.29) is 29.4 Å². The highest BCUT2D eigenvalue weighted by Crippen LogP contribution is 2.15. The van der Waals surface area contributed by atoms with Crippen molar-refractivity contribution >= 4 is 5.91 Å². The van der Waals surface area contributed by atoms with E-state index in [1.54, 1.807) is 37.1 Å². The molecule has 1 amide bonds. The third kappa shape index (κ3) is 5.31. The highest BCUT2D eigenvalue weighted by Gasteiger charge is 2.19. The first-order valence-corrected chi connectivity index (χ1v) is 9.33. The quantitative estimate of drug-likeness (QED) is 0.664. The van der Waals surface area contributed by atoms with Crippen molar-refractivity contribution in [2.24, 2.45) is 0 Å². The summed E-state index contributed by atoms with van der Waals surface area (Å²) in [5.41, 5.74) is 1.99. The average Bonchev–Trinajstić information content (AvgIpc) is 2.71. The summed E-state index contributed by atoms with van der Waals surface area (Å²) in [5.74, 6) is 0.0421. The number of pyridine rings is 1. The number of ether oxygens (including phenoxy) is 1. The van der Waals surface area contributed by atoms with Crippen molar-refractivity contribution < 1.29 is 13.9 Å². The van der Waals surface area contributed by atoms with Gasteiger partial charge in [-0.15, -0.1) is 0 Å². The van der Waals surface area contributed by atoms with Gasteiger partial charge < -0.3 is 14.6 Å². The lowest BCUT2D eigenvalue weighted by atomic mass is 10.1. The van der Waals surface area contributed by atoms with Crippen molar-refractivity contribution in [3.8, 4) is 5.75 Å². The zero-order valence-corrected chi connectivity index (χ0v) is 16.4. The Bertz CT molecular complexity index is 1040. The summed E-state index contributed by atoms with van der Waals surface area (Å²) in [6, 6.07) is 16.6. The number of hydrogen-bond acceptors (Lipinski definition) is 3. The lowest BCUT2D eigenvalue weighted by molar-refractivity contribution is 0.0737. The van der Waals surface area contributed by atoms with E-state index >= 15 is 0 Å². The first kappa shape index (κ1) is 20.3. The predicted molar refractivity (Wildman–Crippen MR) is 110 cm³/mol. The smallest absolute Gasteiger partial charge is 0.270 e. The molecule has 150 valence electrons. The van der Waals surface area contributed by atoms with Crippen LogP contribution in [0.15, 0.2) is 65.5 Å². The predicted octanol–water partition coefficient (Wildman–Crippen LogP) is 3.72. The number of aromatic nitrogens is 1. The number of nitrogens with zero attached hydrogens (tertiary/aromatic N) is 1. The molecule has 0 saturated carbocycles. The van der Waals surface area contributed by atoms with Gasteiger partial charge in [-0.1, -0.05) is 30.3 Å². The van der Waals surface area contributed by atoms with Crippen molar-refractivity contribution in [2.75, 3.05) is 13.7 Å². The van der Waals surface area contributed by atoms with E-state index in [0.29, 0.717) is 24.2 Å². The number of benzene rings is 2. The Morgan fingerprint density at radius 1 is 1.10 bits per heavy atom. The fraction of sp³-hybridized carbons (Fsp3) is 0.217. The average molecular weight is 394 g/mol. The number of carbonyl (C=O) groups excluding carboxylic acids is 1. The Hall–Kier alpha value is -3.41. The summed E-state index contributed by atoms with van der Waals surface area (Å²) in [6.45, 7) is 2.20. The molecule has 0 aliphatic rings. The molecule has 0 bridgehead atoms. The number of halogens is 1. The van der Waals surface area contributed by atoms with Gasteiger partial charge in [0.25, 0.3) is 5.91 Å². The number of methoxy groups -OCH3 is 1. The van der Waals surface area contributed by atoms with Crippen LogP contribution in [0.3, 0.4) is 0 Å². The maximum absolute atomic E-state index is 14.2. The summed E-state index contributed by atoms with van der Waals surface area (Å²) in [6.07, 6.45) is 0.584. The highest BCUT2D eigenvalue weighted by atomic mass is 19.1. The van der Waals surface area contributed by atoms with Crippen LogP contribution < -0.4 is 10.2 Å². The van der Waals surface area contributed by atoms with Crippen LogP contribution in [0.25, 0.3) is 0 Å². The molecule has 0 aliphatic carbocycles. The van der Waals surface area contributed by atoms with Crippen molar-refractivity contribution in [3.63, 3.8) is 0 Å². The number of aryl methyl sites for hydroxylation is 1. The molecule has 0 unspecified atom stereocenters. The normalized spacial score (nSPS) is 10.6. The standard InChI is InChI=1S/C23H23FN2O3/c1-16-13-19(27)14-22(25-16)23(28)26(15-18-5-3-4-6-21(18)24)12-11-17-7-9-20(29-2)10-8-17/h3-10,13-14H,11-12,15H2,1-2H3,(H,25,27). The van der Waals surface area contributed by atoms with Crippen LogP contribution in [0.5, 0.6) is 5.75 Å². The summed E-state index contributed by atoms with van der Waals surface area (Å²) < 4.78 is 19.3. The van der Waals surface area contributed by atoms with Gasteiger partial charge in [0.05, 0.1) is 7.11 Å². The maximum Gasteiger partial charge on any atom is 0.270 e. The van der Waals surface area contributed by atoms with Crippen LogP contribution in [0.2, 0.25) is 0 Å². The molecule has 1 heterocycles. The second kappa shape index (κ2) is 9.19. The Labute approximate surface area is 168 Å². The van der Waals surface area contributed by atoms with Gasteiger partial charge in [0, 0.05) is 36.5 Å². The molecule has 0 spiro atoms. The van der Waals surface area contributed by atoms with Crippen molar-refractivity contribution in [1.82, 2.24) is 9.88 Å². The van der Waals surface area contributed by atoms with Crippen LogP contribution in [0.1, 0.15) is 27.3 Å². The zero-order valence-electron chi connectivity index (χ0n) is 16.4. The monoisotopic (exact) mass is 394 g/mol. The SMILES string of the molecule is COc1ccc(CCN(Cc2ccccc2F)C(=O)c2cc(=O)cc(C)[nH]2)cc1. The minimum Gasteiger partial charge on any atom is -0.497 e. The van der Waals surface area contributed by atoms with Crippen LogP contribution in [-0.4, -0.2) is 29.4 Å². The number of rotatable bonds is 7. The minimum atomic E-state index is -0.368. The van der Waals surface area contributed by atoms with E-state index in [9.17, 15) is 14.0 Å². The van der Waals surface area contributed by atoms with Gasteiger partial charge in [-0.05, 0) is 37.1 Å². The fourth-order valence-electron chi connectivity index (χ4n) is 3.11. The Morgan fingerprint density at radius 3 is 2.48 bits per heavy atom. The molecular formula is C23H23FN2O3. The van der Waals surface area contributed by atoms with Crippen molar-refractivity contribution in [3.05, 3.63) is 99.2 Å². The molecule has 0 atom stereocenters. The maximum atomic E-state index is 14.2. The molecule has 5 nitrogen and oxygen atoms in total.